The van der Waals surface area contributed by atoms with Gasteiger partial charge in [0.25, 0.3) is 0 Å². The van der Waals surface area contributed by atoms with Gasteiger partial charge in [-0.15, -0.1) is 0 Å². The molecule has 0 unspecified atom stereocenters. The fourth-order valence-electron chi connectivity index (χ4n) is 2.11. The van der Waals surface area contributed by atoms with Gasteiger partial charge >= 0.3 is 0 Å². The van der Waals surface area contributed by atoms with Gasteiger partial charge in [-0.1, -0.05) is 36.4 Å². The largest absolute Gasteiger partial charge is 0.397 e. The lowest BCUT2D eigenvalue weighted by molar-refractivity contribution is 1.20. The van der Waals surface area contributed by atoms with Crippen LogP contribution in [0.15, 0.2) is 54.6 Å². The molecule has 0 fully saturated rings. The van der Waals surface area contributed by atoms with Crippen molar-refractivity contribution in [3.8, 4) is 0 Å². The lowest BCUT2D eigenvalue weighted by Gasteiger charge is -2.10. The number of rotatable bonds is 2. The second-order valence-electron chi connectivity index (χ2n) is 4.52. The van der Waals surface area contributed by atoms with Gasteiger partial charge in [0.05, 0.1) is 11.4 Å². The molecule has 0 spiro atoms. The molecule has 3 N–H and O–H groups in total. The fourth-order valence-corrected chi connectivity index (χ4v) is 2.11. The highest BCUT2D eigenvalue weighted by Crippen LogP contribution is 2.26. The molecule has 0 aliphatic carbocycles. The molecule has 1 aromatic heterocycles. The maximum Gasteiger partial charge on any atom is 0.130 e. The van der Waals surface area contributed by atoms with Gasteiger partial charge in [0.2, 0.25) is 0 Å². The zero-order valence-electron chi connectivity index (χ0n) is 10.7. The molecule has 0 aliphatic rings. The van der Waals surface area contributed by atoms with Crippen LogP contribution in [-0.2, 0) is 0 Å². The van der Waals surface area contributed by atoms with Crippen molar-refractivity contribution in [3.63, 3.8) is 0 Å². The van der Waals surface area contributed by atoms with E-state index in [1.54, 1.807) is 0 Å². The Balaban J connectivity index is 2.03. The first-order chi connectivity index (χ1) is 9.24. The molecule has 3 nitrogen and oxygen atoms in total. The Kier molecular flexibility index (Phi) is 2.80. The summed E-state index contributed by atoms with van der Waals surface area (Å²) in [5.74, 6) is 0.808. The van der Waals surface area contributed by atoms with Gasteiger partial charge in [-0.2, -0.15) is 0 Å². The topological polar surface area (TPSA) is 50.9 Å². The molecule has 0 saturated carbocycles. The van der Waals surface area contributed by atoms with E-state index in [-0.39, 0.29) is 0 Å². The zero-order valence-corrected chi connectivity index (χ0v) is 10.7. The number of nitrogens with two attached hydrogens (primary N) is 1. The molecule has 3 heteroatoms. The Morgan fingerprint density at radius 2 is 1.74 bits per heavy atom. The Morgan fingerprint density at radius 1 is 0.947 bits per heavy atom. The molecule has 94 valence electrons. The number of nitrogens with one attached hydrogen (secondary N) is 1. The Bertz CT molecular complexity index is 730. The van der Waals surface area contributed by atoms with Crippen LogP contribution in [-0.4, -0.2) is 4.98 Å². The van der Waals surface area contributed by atoms with Crippen LogP contribution >= 0.6 is 0 Å². The van der Waals surface area contributed by atoms with Gasteiger partial charge in [0.15, 0.2) is 0 Å². The Labute approximate surface area is 112 Å². The second kappa shape index (κ2) is 4.61. The maximum absolute atomic E-state index is 5.78. The summed E-state index contributed by atoms with van der Waals surface area (Å²) < 4.78 is 0. The fraction of sp³-hybridized carbons (Fsp3) is 0.0625. The molecular weight excluding hydrogens is 234 g/mol. The van der Waals surface area contributed by atoms with Gasteiger partial charge in [0.1, 0.15) is 5.82 Å². The summed E-state index contributed by atoms with van der Waals surface area (Å²) >= 11 is 0. The van der Waals surface area contributed by atoms with E-state index in [0.29, 0.717) is 5.69 Å². The summed E-state index contributed by atoms with van der Waals surface area (Å²) in [6.45, 7) is 1.91. The van der Waals surface area contributed by atoms with Crippen LogP contribution in [0.3, 0.4) is 0 Å². The highest BCUT2D eigenvalue weighted by molar-refractivity contribution is 5.95. The number of hydrogen-bond donors (Lipinski definition) is 2. The third-order valence-corrected chi connectivity index (χ3v) is 3.18. The van der Waals surface area contributed by atoms with E-state index in [1.807, 2.05) is 37.3 Å². The lowest BCUT2D eigenvalue weighted by Crippen LogP contribution is -1.98. The van der Waals surface area contributed by atoms with Gasteiger partial charge in [-0.05, 0) is 30.5 Å². The molecule has 1 heterocycles. The van der Waals surface area contributed by atoms with Crippen LogP contribution in [0.1, 0.15) is 5.69 Å². The number of aryl methyl sites for hydroxylation is 1. The first-order valence-corrected chi connectivity index (χ1v) is 6.22. The molecule has 0 saturated heterocycles. The van der Waals surface area contributed by atoms with Crippen molar-refractivity contribution >= 4 is 28.0 Å². The SMILES string of the molecule is Cc1nc(Nc2cccc3ccccc23)ccc1N. The van der Waals surface area contributed by atoms with Crippen LogP contribution in [0.2, 0.25) is 0 Å². The molecule has 0 aliphatic heterocycles. The van der Waals surface area contributed by atoms with Crippen molar-refractivity contribution < 1.29 is 0 Å². The number of nitrogen functional groups attached to an aromatic ring is 1. The summed E-state index contributed by atoms with van der Waals surface area (Å²) in [6, 6.07) is 18.2. The van der Waals surface area contributed by atoms with E-state index in [0.717, 1.165) is 17.2 Å². The number of pyridine rings is 1. The molecular formula is C16H15N3. The van der Waals surface area contributed by atoms with Crippen molar-refractivity contribution in [2.24, 2.45) is 0 Å². The molecule has 19 heavy (non-hydrogen) atoms. The molecule has 2 aromatic carbocycles. The molecule has 0 radical (unpaired) electrons. The third-order valence-electron chi connectivity index (χ3n) is 3.18. The van der Waals surface area contributed by atoms with Gasteiger partial charge in [0, 0.05) is 11.1 Å². The van der Waals surface area contributed by atoms with E-state index in [2.05, 4.69) is 34.6 Å². The summed E-state index contributed by atoms with van der Waals surface area (Å²) in [5, 5.41) is 5.74. The van der Waals surface area contributed by atoms with Crippen LogP contribution in [0.25, 0.3) is 10.8 Å². The van der Waals surface area contributed by atoms with Crippen LogP contribution in [0, 0.1) is 6.92 Å². The number of nitrogens with zero attached hydrogens (tertiary/aromatic N) is 1. The number of hydrogen-bond acceptors (Lipinski definition) is 3. The van der Waals surface area contributed by atoms with Gasteiger partial charge in [-0.25, -0.2) is 4.98 Å². The zero-order chi connectivity index (χ0) is 13.2. The molecule has 0 amide bonds. The predicted molar refractivity (Wildman–Crippen MR) is 80.6 cm³/mol. The minimum Gasteiger partial charge on any atom is -0.397 e. The lowest BCUT2D eigenvalue weighted by atomic mass is 10.1. The van der Waals surface area contributed by atoms with Gasteiger partial charge < -0.3 is 11.1 Å². The van der Waals surface area contributed by atoms with Crippen LogP contribution < -0.4 is 11.1 Å². The van der Waals surface area contributed by atoms with E-state index >= 15 is 0 Å². The summed E-state index contributed by atoms with van der Waals surface area (Å²) in [6.07, 6.45) is 0. The first kappa shape index (κ1) is 11.5. The average Bonchev–Trinajstić information content (AvgIpc) is 2.43. The Hall–Kier alpha value is -2.55. The normalized spacial score (nSPS) is 10.6. The highest BCUT2D eigenvalue weighted by Gasteiger charge is 2.02. The van der Waals surface area contributed by atoms with Crippen molar-refractivity contribution in [1.29, 1.82) is 0 Å². The molecule has 0 atom stereocenters. The highest BCUT2D eigenvalue weighted by atomic mass is 15.0. The quantitative estimate of drug-likeness (QED) is 0.725. The number of aromatic nitrogens is 1. The summed E-state index contributed by atoms with van der Waals surface area (Å²) in [4.78, 5) is 4.44. The monoisotopic (exact) mass is 249 g/mol. The second-order valence-corrected chi connectivity index (χ2v) is 4.52. The number of anilines is 3. The first-order valence-electron chi connectivity index (χ1n) is 6.22. The van der Waals surface area contributed by atoms with Crippen molar-refractivity contribution in [1.82, 2.24) is 4.98 Å². The van der Waals surface area contributed by atoms with Crippen LogP contribution in [0.4, 0.5) is 17.2 Å². The number of fused-ring (bicyclic) bond motifs is 1. The summed E-state index contributed by atoms with van der Waals surface area (Å²) in [7, 11) is 0. The van der Waals surface area contributed by atoms with E-state index in [9.17, 15) is 0 Å². The molecule has 0 bridgehead atoms. The van der Waals surface area contributed by atoms with E-state index < -0.39 is 0 Å². The predicted octanol–water partition coefficient (Wildman–Crippen LogP) is 3.87. The van der Waals surface area contributed by atoms with Crippen molar-refractivity contribution in [3.05, 3.63) is 60.3 Å². The van der Waals surface area contributed by atoms with Gasteiger partial charge in [-0.3, -0.25) is 0 Å². The molecule has 3 rings (SSSR count). The minimum absolute atomic E-state index is 0.712. The summed E-state index contributed by atoms with van der Waals surface area (Å²) in [5.41, 5.74) is 8.38. The van der Waals surface area contributed by atoms with Crippen molar-refractivity contribution in [2.45, 2.75) is 6.92 Å². The van der Waals surface area contributed by atoms with E-state index in [1.165, 1.54) is 10.8 Å². The standard InChI is InChI=1S/C16H15N3/c1-11-14(17)9-10-16(18-11)19-15-8-4-6-12-5-2-3-7-13(12)15/h2-10H,17H2,1H3,(H,18,19). The van der Waals surface area contributed by atoms with Crippen LogP contribution in [0.5, 0.6) is 0 Å². The molecule has 3 aromatic rings. The average molecular weight is 249 g/mol. The van der Waals surface area contributed by atoms with E-state index in [4.69, 9.17) is 5.73 Å². The smallest absolute Gasteiger partial charge is 0.130 e. The Morgan fingerprint density at radius 3 is 2.58 bits per heavy atom. The minimum atomic E-state index is 0.712. The maximum atomic E-state index is 5.78. The van der Waals surface area contributed by atoms with Crippen molar-refractivity contribution in [2.75, 3.05) is 11.1 Å². The number of benzene rings is 2. The third kappa shape index (κ3) is 2.22.